The van der Waals surface area contributed by atoms with E-state index in [1.54, 1.807) is 0 Å². The number of fused-ring (bicyclic) bond motifs is 15. The maximum atomic E-state index is 5.21. The van der Waals surface area contributed by atoms with E-state index >= 15 is 0 Å². The molecular weight excluding hydrogens is 835 g/mol. The van der Waals surface area contributed by atoms with Gasteiger partial charge in [0, 0.05) is 49.3 Å². The minimum absolute atomic E-state index is 0.190. The summed E-state index contributed by atoms with van der Waals surface area (Å²) in [5.41, 5.74) is 17.8. The summed E-state index contributed by atoms with van der Waals surface area (Å²) in [5.74, 6) is 1.77. The van der Waals surface area contributed by atoms with E-state index in [0.717, 1.165) is 25.0 Å². The first-order valence-corrected chi connectivity index (χ1v) is 28.1. The second kappa shape index (κ2) is 15.8. The van der Waals surface area contributed by atoms with E-state index in [0.29, 0.717) is 5.92 Å². The fourth-order valence-electron chi connectivity index (χ4n) is 11.4. The molecule has 2 atom stereocenters. The Morgan fingerprint density at radius 2 is 1.39 bits per heavy atom. The van der Waals surface area contributed by atoms with Crippen molar-refractivity contribution < 1.29 is 9.13 Å². The zero-order chi connectivity index (χ0) is 44.8. The molecule has 322 valence electrons. The largest absolute Gasteiger partial charge is 0.301 e. The van der Waals surface area contributed by atoms with Crippen LogP contribution in [0, 0.1) is 0 Å². The molecule has 66 heavy (non-hydrogen) atoms. The summed E-state index contributed by atoms with van der Waals surface area (Å²) in [6, 6.07) is 64.1. The number of thiophene rings is 1. The number of aromatic nitrogens is 3. The Bertz CT molecular complexity index is 3550. The Balaban J connectivity index is 1.20. The minimum Gasteiger partial charge on any atom is -0.195 e. The lowest BCUT2D eigenvalue weighted by Gasteiger charge is -2.32. The lowest BCUT2D eigenvalue weighted by atomic mass is 9.77. The molecule has 0 spiro atoms. The van der Waals surface area contributed by atoms with Crippen molar-refractivity contribution in [3.63, 3.8) is 0 Å². The summed E-state index contributed by atoms with van der Waals surface area (Å²) in [7, 11) is -1.64. The fourth-order valence-corrected chi connectivity index (χ4v) is 13.8. The van der Waals surface area contributed by atoms with E-state index in [-0.39, 0.29) is 12.0 Å². The summed E-state index contributed by atoms with van der Waals surface area (Å²) >= 11 is 1.95. The number of nitrogens with zero attached hydrogens (tertiary/aromatic N) is 3. The normalized spacial score (nSPS) is 15.9. The van der Waals surface area contributed by atoms with Crippen molar-refractivity contribution in [2.45, 2.75) is 70.6 Å². The van der Waals surface area contributed by atoms with Crippen LogP contribution < -0.4 is 14.3 Å². The second-order valence-corrected chi connectivity index (χ2v) is 26.1. The number of hydrogen-bond acceptors (Lipinski definition) is 1. The molecule has 0 radical (unpaired) electrons. The molecule has 0 aliphatic carbocycles. The van der Waals surface area contributed by atoms with Crippen LogP contribution in [0.4, 0.5) is 0 Å². The molecule has 7 aromatic carbocycles. The molecule has 12 rings (SSSR count). The third-order valence-corrected chi connectivity index (χ3v) is 17.8. The Labute approximate surface area is 393 Å². The number of imidazole rings is 1. The van der Waals surface area contributed by atoms with Crippen LogP contribution in [0.5, 0.6) is 0 Å². The fraction of sp³-hybridized carbons (Fsp3) is 0.180. The molecule has 2 unspecified atom stereocenters. The highest BCUT2D eigenvalue weighted by Crippen LogP contribution is 2.49. The Morgan fingerprint density at radius 1 is 0.682 bits per heavy atom. The molecule has 2 aliphatic heterocycles. The Morgan fingerprint density at radius 3 is 2.18 bits per heavy atom. The molecule has 5 heteroatoms. The lowest BCUT2D eigenvalue weighted by Crippen LogP contribution is -2.53. The van der Waals surface area contributed by atoms with Crippen molar-refractivity contribution in [2.24, 2.45) is 0 Å². The van der Waals surface area contributed by atoms with Crippen LogP contribution in [0.25, 0.3) is 87.5 Å². The number of para-hydroxylation sites is 3. The number of benzene rings is 7. The van der Waals surface area contributed by atoms with Crippen LogP contribution in [-0.4, -0.2) is 12.6 Å². The van der Waals surface area contributed by atoms with Gasteiger partial charge in [-0.2, -0.15) is 13.7 Å². The molecule has 0 fully saturated rings. The van der Waals surface area contributed by atoms with Crippen molar-refractivity contribution in [3.8, 4) is 50.6 Å². The van der Waals surface area contributed by atoms with Crippen LogP contribution in [0.3, 0.4) is 0 Å². The molecule has 10 aromatic rings. The van der Waals surface area contributed by atoms with E-state index in [1.165, 1.54) is 104 Å². The van der Waals surface area contributed by atoms with Gasteiger partial charge in [-0.15, -0.1) is 11.3 Å². The monoisotopic (exact) mass is 889 g/mol. The van der Waals surface area contributed by atoms with Gasteiger partial charge in [0.15, 0.2) is 23.3 Å². The van der Waals surface area contributed by atoms with Crippen LogP contribution in [-0.2, 0) is 6.42 Å². The van der Waals surface area contributed by atoms with Crippen LogP contribution in [0.2, 0.25) is 19.6 Å². The van der Waals surface area contributed by atoms with E-state index in [9.17, 15) is 0 Å². The van der Waals surface area contributed by atoms with Crippen LogP contribution in [0.15, 0.2) is 183 Å². The number of pyridine rings is 1. The summed E-state index contributed by atoms with van der Waals surface area (Å²) in [6.45, 7) is 17.3. The van der Waals surface area contributed by atoms with E-state index in [2.05, 4.69) is 223 Å². The summed E-state index contributed by atoms with van der Waals surface area (Å²) in [4.78, 5) is 0. The number of rotatable bonds is 5. The Hall–Kier alpha value is -6.66. The molecular formula is C61H55N3SSi+2. The summed E-state index contributed by atoms with van der Waals surface area (Å²) in [5, 5.41) is 4.11. The predicted molar refractivity (Wildman–Crippen MR) is 282 cm³/mol. The maximum absolute atomic E-state index is 5.21. The lowest BCUT2D eigenvalue weighted by molar-refractivity contribution is -0.719. The first kappa shape index (κ1) is 40.8. The molecule has 0 amide bonds. The van der Waals surface area contributed by atoms with Crippen molar-refractivity contribution in [3.05, 3.63) is 199 Å². The average Bonchev–Trinajstić information content (AvgIpc) is 3.89. The van der Waals surface area contributed by atoms with Crippen LogP contribution in [0.1, 0.15) is 61.3 Å². The van der Waals surface area contributed by atoms with Crippen molar-refractivity contribution >= 4 is 61.5 Å². The van der Waals surface area contributed by atoms with Gasteiger partial charge in [-0.1, -0.05) is 180 Å². The third-order valence-electron chi connectivity index (χ3n) is 14.6. The van der Waals surface area contributed by atoms with Gasteiger partial charge in [-0.3, -0.25) is 0 Å². The molecule has 0 saturated heterocycles. The highest BCUT2D eigenvalue weighted by Gasteiger charge is 2.44. The molecule has 0 N–H and O–H groups in total. The summed E-state index contributed by atoms with van der Waals surface area (Å²) in [6.07, 6.45) is 5.32. The van der Waals surface area contributed by atoms with Gasteiger partial charge in [-0.25, -0.2) is 0 Å². The SMILES string of the molecule is C=C1CC2C(CCc3ccc4c(sc5cc(-c6ccccc6)ccc54)c3-c3n(-c4c(-c5ccccc5)cccc4C(C)C)c4ccccc4[n+]31)c1ccccc1-c1ccc([Si](C)(C)C)c[n+]12. The van der Waals surface area contributed by atoms with E-state index in [1.807, 2.05) is 11.3 Å². The van der Waals surface area contributed by atoms with Gasteiger partial charge in [0.05, 0.1) is 24.8 Å². The van der Waals surface area contributed by atoms with Gasteiger partial charge < -0.3 is 0 Å². The standard InChI is InChI=1S/C61H55N3SSi/c1-39(2)46-24-17-25-47(42-20-11-8-12-21-42)59(46)64-55-27-16-15-26-54(55)63-40(3)36-56-50(48-22-13-14-23-49(48)53-35-31-45(38-62(53)56)66(4,5)6)32-28-43-29-34-52-51-33-30-44(41-18-9-7-10-19-41)37-57(51)65-60(52)58(43)61(63)64/h7-27,29-31,33-35,37-39,50,56H,3,28,32,36H2,1-2,4-6H3/q+2. The zero-order valence-electron chi connectivity index (χ0n) is 38.6. The highest BCUT2D eigenvalue weighted by molar-refractivity contribution is 7.26. The number of aryl methyl sites for hydroxylation is 1. The Kier molecular flexibility index (Phi) is 9.74. The van der Waals surface area contributed by atoms with Crippen LogP contribution >= 0.6 is 11.3 Å². The molecule has 3 aromatic heterocycles. The van der Waals surface area contributed by atoms with Gasteiger partial charge in [0.25, 0.3) is 0 Å². The number of allylic oxidation sites excluding steroid dienone is 1. The first-order chi connectivity index (χ1) is 32.1. The molecule has 3 nitrogen and oxygen atoms in total. The zero-order valence-corrected chi connectivity index (χ0v) is 40.4. The van der Waals surface area contributed by atoms with Gasteiger partial charge in [0.1, 0.15) is 11.4 Å². The van der Waals surface area contributed by atoms with E-state index < -0.39 is 8.07 Å². The first-order valence-electron chi connectivity index (χ1n) is 23.8. The van der Waals surface area contributed by atoms with Crippen molar-refractivity contribution in [1.29, 1.82) is 0 Å². The van der Waals surface area contributed by atoms with E-state index in [4.69, 9.17) is 6.58 Å². The second-order valence-electron chi connectivity index (χ2n) is 19.9. The number of hydrogen-bond donors (Lipinski definition) is 0. The van der Waals surface area contributed by atoms with Crippen molar-refractivity contribution in [1.82, 2.24) is 4.57 Å². The maximum Gasteiger partial charge on any atom is 0.301 e. The smallest absolute Gasteiger partial charge is 0.195 e. The quantitative estimate of drug-likeness (QED) is 0.121. The van der Waals surface area contributed by atoms with Crippen molar-refractivity contribution in [2.75, 3.05) is 0 Å². The minimum atomic E-state index is -1.64. The summed E-state index contributed by atoms with van der Waals surface area (Å²) < 4.78 is 10.6. The van der Waals surface area contributed by atoms with Gasteiger partial charge in [-0.05, 0) is 70.8 Å². The highest BCUT2D eigenvalue weighted by atomic mass is 32.1. The third kappa shape index (κ3) is 6.50. The molecule has 0 bridgehead atoms. The molecule has 0 saturated carbocycles. The predicted octanol–water partition coefficient (Wildman–Crippen LogP) is 15.1. The molecule has 2 aliphatic rings. The molecule has 5 heterocycles. The topological polar surface area (TPSA) is 12.7 Å². The van der Waals surface area contributed by atoms with Gasteiger partial charge >= 0.3 is 5.82 Å². The average molecular weight is 890 g/mol. The van der Waals surface area contributed by atoms with Gasteiger partial charge in [0.2, 0.25) is 5.69 Å².